The molecular weight excluding hydrogens is 379 g/mol. The molecule has 0 bridgehead atoms. The first-order valence-corrected chi connectivity index (χ1v) is 10.5. The van der Waals surface area contributed by atoms with E-state index in [1.165, 1.54) is 11.8 Å². The third-order valence-electron chi connectivity index (χ3n) is 5.66. The molecule has 4 aromatic rings. The topological polar surface area (TPSA) is 58.4 Å². The van der Waals surface area contributed by atoms with Crippen LogP contribution in [-0.4, -0.2) is 44.5 Å². The van der Waals surface area contributed by atoms with Gasteiger partial charge in [0.1, 0.15) is 0 Å². The van der Waals surface area contributed by atoms with Crippen LogP contribution in [-0.2, 0) is 6.42 Å². The molecule has 1 aromatic carbocycles. The van der Waals surface area contributed by atoms with Crippen molar-refractivity contribution in [3.8, 4) is 11.4 Å². The van der Waals surface area contributed by atoms with Crippen molar-refractivity contribution >= 4 is 22.2 Å². The van der Waals surface area contributed by atoms with Crippen molar-refractivity contribution in [1.82, 2.24) is 24.7 Å². The third kappa shape index (κ3) is 3.39. The van der Waals surface area contributed by atoms with Gasteiger partial charge in [0.05, 0.1) is 11.2 Å². The molecule has 7 heteroatoms. The maximum absolute atomic E-state index is 14.6. The molecule has 0 saturated carbocycles. The molecule has 2 atom stereocenters. The average molecular weight is 404 g/mol. The Labute approximate surface area is 174 Å². The Hall–Kier alpha value is -3.06. The van der Waals surface area contributed by atoms with E-state index in [1.807, 2.05) is 31.6 Å². The lowest BCUT2D eigenvalue weighted by atomic mass is 10.1. The largest absolute Gasteiger partial charge is 0.368 e. The quantitative estimate of drug-likeness (QED) is 0.562. The van der Waals surface area contributed by atoms with Crippen molar-refractivity contribution in [2.24, 2.45) is 0 Å². The van der Waals surface area contributed by atoms with E-state index in [1.54, 1.807) is 4.40 Å². The van der Waals surface area contributed by atoms with Crippen LogP contribution in [0.5, 0.6) is 0 Å². The number of hydrogen-bond donors (Lipinski definition) is 1. The van der Waals surface area contributed by atoms with Crippen molar-refractivity contribution in [2.45, 2.75) is 39.3 Å². The number of aromatic nitrogens is 4. The molecule has 1 aliphatic rings. The Morgan fingerprint density at radius 2 is 1.90 bits per heavy atom. The molecule has 1 N–H and O–H groups in total. The number of pyridine rings is 1. The van der Waals surface area contributed by atoms with Crippen LogP contribution in [0.4, 0.5) is 10.1 Å². The van der Waals surface area contributed by atoms with Crippen molar-refractivity contribution in [2.75, 3.05) is 18.0 Å². The molecular formula is C23H25FN6. The minimum atomic E-state index is -0.367. The number of aryl methyl sites for hydroxylation is 1. The van der Waals surface area contributed by atoms with E-state index in [2.05, 4.69) is 46.2 Å². The highest BCUT2D eigenvalue weighted by Crippen LogP contribution is 2.25. The number of benzene rings is 1. The highest BCUT2D eigenvalue weighted by atomic mass is 19.1. The second-order valence-electron chi connectivity index (χ2n) is 8.20. The molecule has 1 fully saturated rings. The number of fused-ring (bicyclic) bond motifs is 2. The number of halogens is 1. The molecule has 1 saturated heterocycles. The lowest BCUT2D eigenvalue weighted by Gasteiger charge is -2.37. The summed E-state index contributed by atoms with van der Waals surface area (Å²) in [6, 6.07) is 8.62. The van der Waals surface area contributed by atoms with Crippen LogP contribution in [0.3, 0.4) is 0 Å². The van der Waals surface area contributed by atoms with Gasteiger partial charge in [0.15, 0.2) is 17.3 Å². The maximum Gasteiger partial charge on any atom is 0.173 e. The van der Waals surface area contributed by atoms with Crippen LogP contribution < -0.4 is 10.2 Å². The fourth-order valence-corrected chi connectivity index (χ4v) is 4.29. The van der Waals surface area contributed by atoms with E-state index in [0.29, 0.717) is 29.1 Å². The summed E-state index contributed by atoms with van der Waals surface area (Å²) in [4.78, 5) is 15.9. The Morgan fingerprint density at radius 3 is 2.67 bits per heavy atom. The fraction of sp³-hybridized carbons (Fsp3) is 0.348. The number of piperazine rings is 1. The van der Waals surface area contributed by atoms with Gasteiger partial charge in [-0.15, -0.1) is 0 Å². The van der Waals surface area contributed by atoms with Crippen molar-refractivity contribution in [1.29, 1.82) is 0 Å². The Bertz CT molecular complexity index is 1220. The highest BCUT2D eigenvalue weighted by Gasteiger charge is 2.21. The average Bonchev–Trinajstić information content (AvgIpc) is 3.16. The Balaban J connectivity index is 1.50. The number of anilines is 1. The molecule has 5 rings (SSSR count). The number of hydrogen-bond acceptors (Lipinski definition) is 5. The summed E-state index contributed by atoms with van der Waals surface area (Å²) in [6.07, 6.45) is 6.27. The van der Waals surface area contributed by atoms with Crippen LogP contribution in [0.2, 0.25) is 0 Å². The first-order chi connectivity index (χ1) is 14.5. The zero-order valence-electron chi connectivity index (χ0n) is 17.4. The summed E-state index contributed by atoms with van der Waals surface area (Å²) >= 11 is 0. The molecule has 1 aliphatic heterocycles. The van der Waals surface area contributed by atoms with Gasteiger partial charge < -0.3 is 14.6 Å². The molecule has 0 aliphatic carbocycles. The zero-order chi connectivity index (χ0) is 20.8. The van der Waals surface area contributed by atoms with E-state index in [9.17, 15) is 4.39 Å². The summed E-state index contributed by atoms with van der Waals surface area (Å²) in [5.41, 5.74) is 3.85. The van der Waals surface area contributed by atoms with Gasteiger partial charge in [0.2, 0.25) is 0 Å². The predicted octanol–water partition coefficient (Wildman–Crippen LogP) is 3.83. The molecule has 0 radical (unpaired) electrons. The maximum atomic E-state index is 14.6. The van der Waals surface area contributed by atoms with Crippen LogP contribution in [0.1, 0.15) is 26.5 Å². The first-order valence-electron chi connectivity index (χ1n) is 10.5. The van der Waals surface area contributed by atoms with Gasteiger partial charge in [-0.25, -0.2) is 19.3 Å². The lowest BCUT2D eigenvalue weighted by molar-refractivity contribution is 0.407. The summed E-state index contributed by atoms with van der Waals surface area (Å²) in [7, 11) is 0. The van der Waals surface area contributed by atoms with Crippen molar-refractivity contribution in [3.63, 3.8) is 0 Å². The minimum absolute atomic E-state index is 0.334. The number of nitrogens with one attached hydrogen (secondary N) is 1. The van der Waals surface area contributed by atoms with Gasteiger partial charge in [0, 0.05) is 60.4 Å². The van der Waals surface area contributed by atoms with E-state index in [4.69, 9.17) is 4.98 Å². The van der Waals surface area contributed by atoms with E-state index < -0.39 is 0 Å². The second-order valence-corrected chi connectivity index (χ2v) is 8.20. The van der Waals surface area contributed by atoms with Crippen LogP contribution >= 0.6 is 0 Å². The number of imidazole rings is 1. The third-order valence-corrected chi connectivity index (χ3v) is 5.66. The van der Waals surface area contributed by atoms with E-state index in [-0.39, 0.29) is 5.82 Å². The van der Waals surface area contributed by atoms with Crippen molar-refractivity contribution < 1.29 is 4.39 Å². The van der Waals surface area contributed by atoms with Gasteiger partial charge in [-0.2, -0.15) is 0 Å². The summed E-state index contributed by atoms with van der Waals surface area (Å²) in [5, 5.41) is 4.54. The van der Waals surface area contributed by atoms with Crippen LogP contribution in [0.15, 0.2) is 42.9 Å². The SMILES string of the molecule is CCc1cn2cc(-c3ncc4cc(N5CC(C)NC(C)C5)ccc4n3)cc(F)c2n1. The molecule has 6 nitrogen and oxygen atoms in total. The van der Waals surface area contributed by atoms with Gasteiger partial charge in [-0.3, -0.25) is 0 Å². The van der Waals surface area contributed by atoms with E-state index >= 15 is 0 Å². The monoisotopic (exact) mass is 404 g/mol. The Morgan fingerprint density at radius 1 is 1.10 bits per heavy atom. The normalized spacial score (nSPS) is 19.7. The zero-order valence-corrected chi connectivity index (χ0v) is 17.4. The molecule has 0 spiro atoms. The second kappa shape index (κ2) is 7.32. The van der Waals surface area contributed by atoms with Crippen LogP contribution in [0.25, 0.3) is 27.9 Å². The van der Waals surface area contributed by atoms with Crippen LogP contribution in [0, 0.1) is 5.82 Å². The molecule has 30 heavy (non-hydrogen) atoms. The van der Waals surface area contributed by atoms with Crippen molar-refractivity contribution in [3.05, 3.63) is 54.4 Å². The standard InChI is InChI=1S/C23H25FN6/c1-4-18-13-30-12-17(8-20(24)23(30)27-18)22-25-9-16-7-19(5-6-21(16)28-22)29-10-14(2)26-15(3)11-29/h5-9,12-15,26H,4,10-11H2,1-3H3. The van der Waals surface area contributed by atoms with E-state index in [0.717, 1.165) is 36.1 Å². The molecule has 2 unspecified atom stereocenters. The molecule has 0 amide bonds. The van der Waals surface area contributed by atoms with Gasteiger partial charge in [0.25, 0.3) is 0 Å². The summed E-state index contributed by atoms with van der Waals surface area (Å²) in [6.45, 7) is 8.36. The van der Waals surface area contributed by atoms with Gasteiger partial charge in [-0.05, 0) is 44.5 Å². The predicted molar refractivity (Wildman–Crippen MR) is 117 cm³/mol. The smallest absolute Gasteiger partial charge is 0.173 e. The summed E-state index contributed by atoms with van der Waals surface area (Å²) in [5.74, 6) is 0.139. The Kier molecular flexibility index (Phi) is 4.62. The first kappa shape index (κ1) is 18.9. The molecule has 154 valence electrons. The fourth-order valence-electron chi connectivity index (χ4n) is 4.29. The lowest BCUT2D eigenvalue weighted by Crippen LogP contribution is -2.54. The van der Waals surface area contributed by atoms with Gasteiger partial charge in [-0.1, -0.05) is 6.92 Å². The minimum Gasteiger partial charge on any atom is -0.368 e. The number of rotatable bonds is 3. The molecule has 4 heterocycles. The molecule has 3 aromatic heterocycles. The van der Waals surface area contributed by atoms with Gasteiger partial charge >= 0.3 is 0 Å². The summed E-state index contributed by atoms with van der Waals surface area (Å²) < 4.78 is 16.3. The highest BCUT2D eigenvalue weighted by molar-refractivity contribution is 5.83. The number of nitrogens with zero attached hydrogens (tertiary/aromatic N) is 5.